The first-order valence-corrected chi connectivity index (χ1v) is 5.59. The van der Waals surface area contributed by atoms with Gasteiger partial charge in [0.2, 0.25) is 0 Å². The van der Waals surface area contributed by atoms with Gasteiger partial charge in [0.25, 0.3) is 0 Å². The summed E-state index contributed by atoms with van der Waals surface area (Å²) in [6.45, 7) is -0.0616. The third kappa shape index (κ3) is 2.61. The smallest absolute Gasteiger partial charge is 0.326 e. The summed E-state index contributed by atoms with van der Waals surface area (Å²) >= 11 is 0. The highest BCUT2D eigenvalue weighted by Crippen LogP contribution is 2.38. The average Bonchev–Trinajstić information content (AvgIpc) is 2.38. The first-order valence-electron chi connectivity index (χ1n) is 5.59. The van der Waals surface area contributed by atoms with Crippen LogP contribution in [0, 0.1) is 5.82 Å². The maximum atomic E-state index is 14.1. The molecule has 100 valence electrons. The summed E-state index contributed by atoms with van der Waals surface area (Å²) < 4.78 is 52.8. The molecule has 0 fully saturated rings. The Morgan fingerprint density at radius 1 is 0.895 bits per heavy atom. The topological polar surface area (TPSA) is 26.0 Å². The first kappa shape index (κ1) is 13.5. The van der Waals surface area contributed by atoms with Crippen LogP contribution in [0.25, 0.3) is 11.1 Å². The molecule has 0 saturated heterocycles. The van der Waals surface area contributed by atoms with Crippen molar-refractivity contribution in [1.82, 2.24) is 0 Å². The number of rotatable bonds is 2. The molecule has 2 N–H and O–H groups in total. The Kier molecular flexibility index (Phi) is 3.57. The van der Waals surface area contributed by atoms with Gasteiger partial charge in [-0.1, -0.05) is 36.4 Å². The van der Waals surface area contributed by atoms with Gasteiger partial charge < -0.3 is 5.73 Å². The SMILES string of the molecule is NCc1cccc(-c2ccccc2C(F)(F)F)c1F. The second kappa shape index (κ2) is 5.01. The van der Waals surface area contributed by atoms with Crippen molar-refractivity contribution < 1.29 is 17.6 Å². The molecule has 0 aliphatic rings. The van der Waals surface area contributed by atoms with E-state index in [-0.39, 0.29) is 23.2 Å². The third-order valence-corrected chi connectivity index (χ3v) is 2.82. The molecular weight excluding hydrogens is 258 g/mol. The molecule has 0 heterocycles. The van der Waals surface area contributed by atoms with Gasteiger partial charge in [-0.2, -0.15) is 13.2 Å². The molecule has 2 aromatic rings. The fourth-order valence-electron chi connectivity index (χ4n) is 1.91. The van der Waals surface area contributed by atoms with Gasteiger partial charge in [-0.25, -0.2) is 4.39 Å². The molecule has 0 aromatic heterocycles. The van der Waals surface area contributed by atoms with Crippen LogP contribution >= 0.6 is 0 Å². The maximum absolute atomic E-state index is 14.1. The highest BCUT2D eigenvalue weighted by Gasteiger charge is 2.33. The van der Waals surface area contributed by atoms with Crippen molar-refractivity contribution >= 4 is 0 Å². The highest BCUT2D eigenvalue weighted by molar-refractivity contribution is 5.69. The highest BCUT2D eigenvalue weighted by atomic mass is 19.4. The summed E-state index contributed by atoms with van der Waals surface area (Å²) in [6.07, 6.45) is -4.53. The molecule has 1 nitrogen and oxygen atoms in total. The normalized spacial score (nSPS) is 11.6. The van der Waals surface area contributed by atoms with Crippen LogP contribution in [0.5, 0.6) is 0 Å². The molecule has 0 unspecified atom stereocenters. The lowest BCUT2D eigenvalue weighted by atomic mass is 9.97. The summed E-state index contributed by atoms with van der Waals surface area (Å²) in [4.78, 5) is 0. The minimum Gasteiger partial charge on any atom is -0.326 e. The van der Waals surface area contributed by atoms with Crippen molar-refractivity contribution in [3.63, 3.8) is 0 Å². The zero-order valence-electron chi connectivity index (χ0n) is 9.84. The molecule has 0 atom stereocenters. The van der Waals surface area contributed by atoms with E-state index in [0.717, 1.165) is 6.07 Å². The van der Waals surface area contributed by atoms with Gasteiger partial charge in [-0.15, -0.1) is 0 Å². The average molecular weight is 269 g/mol. The summed E-state index contributed by atoms with van der Waals surface area (Å²) in [6, 6.07) is 9.17. The summed E-state index contributed by atoms with van der Waals surface area (Å²) in [5.74, 6) is -0.707. The van der Waals surface area contributed by atoms with E-state index in [1.807, 2.05) is 0 Å². The molecule has 2 rings (SSSR count). The van der Waals surface area contributed by atoms with Crippen LogP contribution in [0.1, 0.15) is 11.1 Å². The number of hydrogen-bond donors (Lipinski definition) is 1. The van der Waals surface area contributed by atoms with E-state index in [0.29, 0.717) is 0 Å². The fraction of sp³-hybridized carbons (Fsp3) is 0.143. The Hall–Kier alpha value is -1.88. The van der Waals surface area contributed by atoms with E-state index >= 15 is 0 Å². The quantitative estimate of drug-likeness (QED) is 0.820. The number of halogens is 4. The van der Waals surface area contributed by atoms with Crippen LogP contribution in [0.3, 0.4) is 0 Å². The van der Waals surface area contributed by atoms with Crippen LogP contribution < -0.4 is 5.73 Å². The summed E-state index contributed by atoms with van der Waals surface area (Å²) in [7, 11) is 0. The van der Waals surface area contributed by atoms with Crippen LogP contribution in [0.4, 0.5) is 17.6 Å². The van der Waals surface area contributed by atoms with E-state index in [2.05, 4.69) is 0 Å². The fourth-order valence-corrected chi connectivity index (χ4v) is 1.91. The lowest BCUT2D eigenvalue weighted by Crippen LogP contribution is -2.08. The monoisotopic (exact) mass is 269 g/mol. The Morgan fingerprint density at radius 3 is 2.16 bits per heavy atom. The summed E-state index contributed by atoms with van der Waals surface area (Å²) in [5, 5.41) is 0. The van der Waals surface area contributed by atoms with Gasteiger partial charge in [0, 0.05) is 17.7 Å². The predicted molar refractivity (Wildman–Crippen MR) is 64.7 cm³/mol. The van der Waals surface area contributed by atoms with Crippen molar-refractivity contribution in [2.45, 2.75) is 12.7 Å². The molecule has 19 heavy (non-hydrogen) atoms. The molecule has 0 amide bonds. The minimum atomic E-state index is -4.53. The van der Waals surface area contributed by atoms with E-state index in [9.17, 15) is 17.6 Å². The predicted octanol–water partition coefficient (Wildman–Crippen LogP) is 3.97. The van der Waals surface area contributed by atoms with Crippen LogP contribution in [-0.2, 0) is 12.7 Å². The van der Waals surface area contributed by atoms with Gasteiger partial charge in [-0.3, -0.25) is 0 Å². The van der Waals surface area contributed by atoms with E-state index < -0.39 is 17.6 Å². The molecule has 2 aromatic carbocycles. The van der Waals surface area contributed by atoms with E-state index in [1.165, 1.54) is 36.4 Å². The molecule has 0 radical (unpaired) electrons. The van der Waals surface area contributed by atoms with Gasteiger partial charge >= 0.3 is 6.18 Å². The van der Waals surface area contributed by atoms with Crippen molar-refractivity contribution in [3.8, 4) is 11.1 Å². The van der Waals surface area contributed by atoms with E-state index in [1.54, 1.807) is 0 Å². The van der Waals surface area contributed by atoms with Crippen molar-refractivity contribution in [1.29, 1.82) is 0 Å². The molecule has 0 bridgehead atoms. The third-order valence-electron chi connectivity index (χ3n) is 2.82. The standard InChI is InChI=1S/C14H11F4N/c15-13-9(8-19)4-3-6-11(13)10-5-1-2-7-12(10)14(16,17)18/h1-7H,8,19H2. The lowest BCUT2D eigenvalue weighted by molar-refractivity contribution is -0.137. The van der Waals surface area contributed by atoms with Crippen LogP contribution in [0.15, 0.2) is 42.5 Å². The van der Waals surface area contributed by atoms with Crippen LogP contribution in [-0.4, -0.2) is 0 Å². The van der Waals surface area contributed by atoms with Crippen molar-refractivity contribution in [3.05, 3.63) is 59.4 Å². The Bertz CT molecular complexity index is 590. The second-order valence-corrected chi connectivity index (χ2v) is 4.03. The zero-order chi connectivity index (χ0) is 14.0. The Labute approximate surface area is 107 Å². The second-order valence-electron chi connectivity index (χ2n) is 4.03. The first-order chi connectivity index (χ1) is 8.95. The number of nitrogens with two attached hydrogens (primary N) is 1. The minimum absolute atomic E-state index is 0.0616. The zero-order valence-corrected chi connectivity index (χ0v) is 9.84. The molecule has 5 heteroatoms. The van der Waals surface area contributed by atoms with Gasteiger partial charge in [0.15, 0.2) is 0 Å². The molecule has 0 aliphatic heterocycles. The number of benzene rings is 2. The van der Waals surface area contributed by atoms with Crippen LogP contribution in [0.2, 0.25) is 0 Å². The molecule has 0 aliphatic carbocycles. The largest absolute Gasteiger partial charge is 0.417 e. The Balaban J connectivity index is 2.67. The van der Waals surface area contributed by atoms with Gasteiger partial charge in [0.1, 0.15) is 5.82 Å². The maximum Gasteiger partial charge on any atom is 0.417 e. The number of hydrogen-bond acceptors (Lipinski definition) is 1. The number of alkyl halides is 3. The lowest BCUT2D eigenvalue weighted by Gasteiger charge is -2.14. The van der Waals surface area contributed by atoms with E-state index in [4.69, 9.17) is 5.73 Å². The van der Waals surface area contributed by atoms with Crippen molar-refractivity contribution in [2.24, 2.45) is 5.73 Å². The van der Waals surface area contributed by atoms with Gasteiger partial charge in [-0.05, 0) is 11.6 Å². The Morgan fingerprint density at radius 2 is 1.53 bits per heavy atom. The van der Waals surface area contributed by atoms with Crippen molar-refractivity contribution in [2.75, 3.05) is 0 Å². The molecule has 0 spiro atoms. The summed E-state index contributed by atoms with van der Waals surface area (Å²) in [5.41, 5.74) is 4.43. The van der Waals surface area contributed by atoms with Gasteiger partial charge in [0.05, 0.1) is 5.56 Å². The molecule has 0 saturated carbocycles. The molecular formula is C14H11F4N.